The molecule has 3 aromatic carbocycles. The van der Waals surface area contributed by atoms with Crippen LogP contribution in [-0.4, -0.2) is 36.9 Å². The van der Waals surface area contributed by atoms with Gasteiger partial charge in [0.05, 0.1) is 12.1 Å². The number of benzene rings is 3. The summed E-state index contributed by atoms with van der Waals surface area (Å²) in [6.07, 6.45) is 0. The molecular weight excluding hydrogens is 424 g/mol. The lowest BCUT2D eigenvalue weighted by Crippen LogP contribution is -2.37. The minimum absolute atomic E-state index is 0.172. The minimum atomic E-state index is -0.311. The van der Waals surface area contributed by atoms with Crippen molar-refractivity contribution in [2.24, 2.45) is 0 Å². The van der Waals surface area contributed by atoms with Crippen molar-refractivity contribution in [3.05, 3.63) is 100 Å². The topological polar surface area (TPSA) is 49.9 Å². The summed E-state index contributed by atoms with van der Waals surface area (Å²) in [7, 11) is 1.83. The van der Waals surface area contributed by atoms with Gasteiger partial charge in [0.25, 0.3) is 11.8 Å². The summed E-state index contributed by atoms with van der Waals surface area (Å²) in [5, 5.41) is 0. The molecule has 0 aromatic heterocycles. The number of hydrogen-bond donors (Lipinski definition) is 0. The maximum Gasteiger partial charge on any atom is 0.278 e. The number of amides is 2. The number of nitrogens with zero attached hydrogens (tertiary/aromatic N) is 2. The molecule has 0 fully saturated rings. The lowest BCUT2D eigenvalue weighted by molar-refractivity contribution is -0.137. The number of para-hydroxylation sites is 1. The molecule has 0 aliphatic carbocycles. The van der Waals surface area contributed by atoms with Gasteiger partial charge in [-0.05, 0) is 79.8 Å². The van der Waals surface area contributed by atoms with E-state index in [9.17, 15) is 9.59 Å². The molecule has 4 rings (SSSR count). The lowest BCUT2D eigenvalue weighted by Gasteiger charge is -2.21. The monoisotopic (exact) mass is 454 g/mol. The first-order valence-corrected chi connectivity index (χ1v) is 11.4. The van der Waals surface area contributed by atoms with Crippen molar-refractivity contribution in [2.75, 3.05) is 25.1 Å². The Kier molecular flexibility index (Phi) is 6.55. The first kappa shape index (κ1) is 23.3. The van der Waals surface area contributed by atoms with E-state index in [1.165, 1.54) is 4.90 Å². The first-order chi connectivity index (χ1) is 16.3. The normalized spacial score (nSPS) is 13.6. The SMILES string of the molecule is Cc1cc(C)cc(OCCN2C(=O)C(c3ccc(C)c(C)c3)=C(N(C)c3ccccc3)C2=O)c1. The molecule has 0 saturated heterocycles. The summed E-state index contributed by atoms with van der Waals surface area (Å²) in [5.41, 5.74) is 6.81. The van der Waals surface area contributed by atoms with E-state index in [2.05, 4.69) is 6.07 Å². The Morgan fingerprint density at radius 3 is 2.12 bits per heavy atom. The molecule has 0 spiro atoms. The van der Waals surface area contributed by atoms with Gasteiger partial charge in [-0.25, -0.2) is 0 Å². The predicted octanol–water partition coefficient (Wildman–Crippen LogP) is 5.22. The van der Waals surface area contributed by atoms with Gasteiger partial charge in [-0.3, -0.25) is 14.5 Å². The fourth-order valence-electron chi connectivity index (χ4n) is 4.29. The molecule has 3 aromatic rings. The highest BCUT2D eigenvalue weighted by Gasteiger charge is 2.41. The lowest BCUT2D eigenvalue weighted by atomic mass is 9.99. The van der Waals surface area contributed by atoms with Crippen LogP contribution in [-0.2, 0) is 9.59 Å². The summed E-state index contributed by atoms with van der Waals surface area (Å²) >= 11 is 0. The highest BCUT2D eigenvalue weighted by molar-refractivity contribution is 6.36. The van der Waals surface area contributed by atoms with Crippen molar-refractivity contribution in [2.45, 2.75) is 27.7 Å². The van der Waals surface area contributed by atoms with Gasteiger partial charge >= 0.3 is 0 Å². The largest absolute Gasteiger partial charge is 0.492 e. The number of rotatable bonds is 7. The van der Waals surface area contributed by atoms with Crippen LogP contribution in [0.1, 0.15) is 27.8 Å². The van der Waals surface area contributed by atoms with Crippen molar-refractivity contribution in [3.63, 3.8) is 0 Å². The highest BCUT2D eigenvalue weighted by Crippen LogP contribution is 2.34. The number of imide groups is 1. The second-order valence-electron chi connectivity index (χ2n) is 8.85. The molecule has 1 aliphatic rings. The Bertz CT molecular complexity index is 1260. The van der Waals surface area contributed by atoms with E-state index in [1.54, 1.807) is 4.90 Å². The van der Waals surface area contributed by atoms with Gasteiger partial charge in [-0.15, -0.1) is 0 Å². The Labute approximate surface area is 201 Å². The fourth-order valence-corrected chi connectivity index (χ4v) is 4.29. The first-order valence-electron chi connectivity index (χ1n) is 11.4. The number of ether oxygens (including phenoxy) is 1. The number of carbonyl (C=O) groups is 2. The molecule has 5 nitrogen and oxygen atoms in total. The molecule has 0 radical (unpaired) electrons. The molecule has 0 N–H and O–H groups in total. The minimum Gasteiger partial charge on any atom is -0.492 e. The summed E-state index contributed by atoms with van der Waals surface area (Å²) in [6, 6.07) is 21.5. The van der Waals surface area contributed by atoms with Crippen LogP contribution in [0.2, 0.25) is 0 Å². The molecule has 34 heavy (non-hydrogen) atoms. The van der Waals surface area contributed by atoms with Gasteiger partial charge < -0.3 is 9.64 Å². The van der Waals surface area contributed by atoms with Crippen molar-refractivity contribution in [1.82, 2.24) is 4.90 Å². The van der Waals surface area contributed by atoms with E-state index in [4.69, 9.17) is 4.74 Å². The van der Waals surface area contributed by atoms with Crippen molar-refractivity contribution in [3.8, 4) is 5.75 Å². The van der Waals surface area contributed by atoms with Crippen molar-refractivity contribution < 1.29 is 14.3 Å². The third kappa shape index (κ3) is 4.60. The average molecular weight is 455 g/mol. The maximum absolute atomic E-state index is 13.6. The number of aryl methyl sites for hydroxylation is 4. The van der Waals surface area contributed by atoms with E-state index in [0.717, 1.165) is 39.3 Å². The standard InChI is InChI=1S/C29H30N2O3/c1-19-15-20(2)17-25(16-19)34-14-13-31-28(32)26(23-12-11-21(3)22(4)18-23)27(29(31)33)30(5)24-9-7-6-8-10-24/h6-12,15-18H,13-14H2,1-5H3. The molecule has 174 valence electrons. The maximum atomic E-state index is 13.6. The van der Waals surface area contributed by atoms with E-state index >= 15 is 0 Å². The Morgan fingerprint density at radius 1 is 0.794 bits per heavy atom. The van der Waals surface area contributed by atoms with E-state index < -0.39 is 0 Å². The van der Waals surface area contributed by atoms with Crippen LogP contribution < -0.4 is 9.64 Å². The zero-order valence-corrected chi connectivity index (χ0v) is 20.4. The second-order valence-corrected chi connectivity index (χ2v) is 8.85. The molecule has 2 amide bonds. The predicted molar refractivity (Wildman–Crippen MR) is 136 cm³/mol. The zero-order valence-electron chi connectivity index (χ0n) is 20.4. The van der Waals surface area contributed by atoms with E-state index in [0.29, 0.717) is 11.3 Å². The van der Waals surface area contributed by atoms with Crippen LogP contribution in [0.5, 0.6) is 5.75 Å². The smallest absolute Gasteiger partial charge is 0.278 e. The molecule has 1 aliphatic heterocycles. The molecule has 0 unspecified atom stereocenters. The van der Waals surface area contributed by atoms with Crippen LogP contribution in [0.3, 0.4) is 0 Å². The third-order valence-corrected chi connectivity index (χ3v) is 6.20. The summed E-state index contributed by atoms with van der Waals surface area (Å²) < 4.78 is 5.90. The fraction of sp³-hybridized carbons (Fsp3) is 0.241. The second kappa shape index (κ2) is 9.56. The van der Waals surface area contributed by atoms with Crippen LogP contribution >= 0.6 is 0 Å². The quantitative estimate of drug-likeness (QED) is 0.460. The number of anilines is 1. The molecule has 1 heterocycles. The third-order valence-electron chi connectivity index (χ3n) is 6.20. The van der Waals surface area contributed by atoms with Gasteiger partial charge in [0.1, 0.15) is 18.1 Å². The van der Waals surface area contributed by atoms with Crippen molar-refractivity contribution in [1.29, 1.82) is 0 Å². The average Bonchev–Trinajstić information content (AvgIpc) is 3.05. The Balaban J connectivity index is 1.65. The van der Waals surface area contributed by atoms with E-state index in [1.807, 2.05) is 95.4 Å². The number of carbonyl (C=O) groups excluding carboxylic acids is 2. The van der Waals surface area contributed by atoms with Crippen LogP contribution in [0.15, 0.2) is 72.4 Å². The van der Waals surface area contributed by atoms with Crippen LogP contribution in [0.25, 0.3) is 5.57 Å². The van der Waals surface area contributed by atoms with Crippen LogP contribution in [0, 0.1) is 27.7 Å². The molecular formula is C29H30N2O3. The highest BCUT2D eigenvalue weighted by atomic mass is 16.5. The summed E-state index contributed by atoms with van der Waals surface area (Å²) in [6.45, 7) is 8.46. The van der Waals surface area contributed by atoms with Gasteiger partial charge in [-0.2, -0.15) is 0 Å². The molecule has 5 heteroatoms. The number of likely N-dealkylation sites (N-methyl/N-ethyl adjacent to an activating group) is 1. The zero-order chi connectivity index (χ0) is 24.4. The molecule has 0 atom stereocenters. The number of hydrogen-bond acceptors (Lipinski definition) is 4. The molecule has 0 saturated carbocycles. The van der Waals surface area contributed by atoms with Gasteiger partial charge in [0.2, 0.25) is 0 Å². The molecule has 0 bridgehead atoms. The van der Waals surface area contributed by atoms with E-state index in [-0.39, 0.29) is 25.0 Å². The van der Waals surface area contributed by atoms with Crippen LogP contribution in [0.4, 0.5) is 5.69 Å². The van der Waals surface area contributed by atoms with Gasteiger partial charge in [-0.1, -0.05) is 42.5 Å². The Hall–Kier alpha value is -3.86. The Morgan fingerprint density at radius 2 is 1.47 bits per heavy atom. The van der Waals surface area contributed by atoms with Gasteiger partial charge in [0, 0.05) is 12.7 Å². The van der Waals surface area contributed by atoms with Gasteiger partial charge in [0.15, 0.2) is 0 Å². The summed E-state index contributed by atoms with van der Waals surface area (Å²) in [4.78, 5) is 30.2. The van der Waals surface area contributed by atoms with Crippen molar-refractivity contribution >= 4 is 23.1 Å². The summed E-state index contributed by atoms with van der Waals surface area (Å²) in [5.74, 6) is 0.129.